The largest absolute Gasteiger partial charge is 0.481 e. The van der Waals surface area contributed by atoms with Crippen LogP contribution in [0.1, 0.15) is 43.8 Å². The number of carboxylic acid groups (broad SMARTS) is 2. The molecule has 2 saturated carbocycles. The maximum Gasteiger partial charge on any atom is 0.314 e. The minimum absolute atomic E-state index is 0.0510. The predicted octanol–water partition coefficient (Wildman–Crippen LogP) is -0.717. The lowest BCUT2D eigenvalue weighted by Gasteiger charge is -2.71. The Labute approximate surface area is 199 Å². The molecule has 12 nitrogen and oxygen atoms in total. The average molecular weight is 498 g/mol. The molecular weight excluding hydrogens is 468 g/mol. The first kappa shape index (κ1) is 25.7. The summed E-state index contributed by atoms with van der Waals surface area (Å²) < 4.78 is 10.9. The zero-order chi connectivity index (χ0) is 25.8. The highest BCUT2D eigenvalue weighted by molar-refractivity contribution is 5.88. The van der Waals surface area contributed by atoms with Gasteiger partial charge in [0.25, 0.3) is 0 Å². The molecule has 0 aromatic carbocycles. The summed E-state index contributed by atoms with van der Waals surface area (Å²) in [5.74, 6) is -4.37. The fourth-order valence-electron chi connectivity index (χ4n) is 7.87. The number of fused-ring (bicyclic) bond motifs is 2. The highest BCUT2D eigenvalue weighted by atomic mass is 16.6. The molecule has 2 heterocycles. The summed E-state index contributed by atoms with van der Waals surface area (Å²) in [7, 11) is 0. The number of rotatable bonds is 7. The summed E-state index contributed by atoms with van der Waals surface area (Å²) in [5.41, 5.74) is -8.58. The van der Waals surface area contributed by atoms with E-state index in [2.05, 4.69) is 0 Å². The molecule has 12 heteroatoms. The van der Waals surface area contributed by atoms with E-state index in [9.17, 15) is 50.1 Å². The van der Waals surface area contributed by atoms with Gasteiger partial charge in [0.1, 0.15) is 11.7 Å². The average Bonchev–Trinajstić information content (AvgIpc) is 3.46. The van der Waals surface area contributed by atoms with Gasteiger partial charge in [0.2, 0.25) is 0 Å². The zero-order valence-corrected chi connectivity index (χ0v) is 18.8. The van der Waals surface area contributed by atoms with Crippen LogP contribution in [0.3, 0.4) is 0 Å². The van der Waals surface area contributed by atoms with Gasteiger partial charge in [-0.05, 0) is 37.7 Å². The Kier molecular flexibility index (Phi) is 6.36. The van der Waals surface area contributed by atoms with E-state index in [4.69, 9.17) is 9.15 Å². The van der Waals surface area contributed by atoms with Crippen LogP contribution in [0.2, 0.25) is 0 Å². The first-order chi connectivity index (χ1) is 16.5. The molecule has 35 heavy (non-hydrogen) atoms. The highest BCUT2D eigenvalue weighted by Gasteiger charge is 2.84. The SMILES string of the molecule is O=CC1(CC(=O)O)C(O)CCC2(CO)C3(CC(c4ccoc4)OC3O)C(CO)CC(O)C12C(=O)O. The van der Waals surface area contributed by atoms with E-state index in [1.165, 1.54) is 12.5 Å². The third kappa shape index (κ3) is 2.92. The minimum Gasteiger partial charge on any atom is -0.481 e. The molecule has 0 amide bonds. The molecule has 9 atom stereocenters. The summed E-state index contributed by atoms with van der Waals surface area (Å²) in [6, 6.07) is 1.57. The molecule has 194 valence electrons. The van der Waals surface area contributed by atoms with Crippen molar-refractivity contribution < 1.29 is 59.3 Å². The standard InChI is InChI=1S/C23H30O12/c24-8-13-5-16(28)23(18(31)32)20(10-25,7-17(29)30)15(27)1-3-21(23,11-26)22(13)6-14(35-19(22)33)12-2-4-34-9-12/h2,4,9-10,13-16,19,24,26-28,33H,1,3,5-8,11H2,(H,29,30)(H,31,32). The number of aldehydes is 1. The number of ether oxygens (including phenoxy) is 1. The molecule has 0 radical (unpaired) electrons. The van der Waals surface area contributed by atoms with E-state index in [-0.39, 0.29) is 25.5 Å². The monoisotopic (exact) mass is 498 g/mol. The molecule has 0 bridgehead atoms. The number of hydrogen-bond donors (Lipinski definition) is 7. The number of hydrogen-bond acceptors (Lipinski definition) is 10. The van der Waals surface area contributed by atoms with Crippen LogP contribution in [0, 0.1) is 27.6 Å². The predicted molar refractivity (Wildman–Crippen MR) is 112 cm³/mol. The Morgan fingerprint density at radius 3 is 2.37 bits per heavy atom. The summed E-state index contributed by atoms with van der Waals surface area (Å²) in [4.78, 5) is 37.7. The lowest BCUT2D eigenvalue weighted by Crippen LogP contribution is -2.80. The summed E-state index contributed by atoms with van der Waals surface area (Å²) in [5, 5.41) is 75.4. The number of aliphatic hydroxyl groups excluding tert-OH is 5. The van der Waals surface area contributed by atoms with Crippen LogP contribution in [-0.4, -0.2) is 85.7 Å². The van der Waals surface area contributed by atoms with Gasteiger partial charge in [0, 0.05) is 23.0 Å². The van der Waals surface area contributed by atoms with Gasteiger partial charge in [-0.2, -0.15) is 0 Å². The molecule has 3 fully saturated rings. The first-order valence-corrected chi connectivity index (χ1v) is 11.4. The van der Waals surface area contributed by atoms with Gasteiger partial charge in [0.15, 0.2) is 6.29 Å². The van der Waals surface area contributed by atoms with Crippen molar-refractivity contribution in [1.29, 1.82) is 0 Å². The number of aliphatic carboxylic acids is 2. The maximum atomic E-state index is 13.2. The normalized spacial score (nSPS) is 45.2. The van der Waals surface area contributed by atoms with E-state index in [0.717, 1.165) is 0 Å². The van der Waals surface area contributed by atoms with Crippen LogP contribution in [0.5, 0.6) is 0 Å². The van der Waals surface area contributed by atoms with Crippen LogP contribution in [0.25, 0.3) is 0 Å². The number of aliphatic hydroxyl groups is 5. The lowest BCUT2D eigenvalue weighted by atomic mass is 9.31. The fraction of sp³-hybridized carbons (Fsp3) is 0.696. The van der Waals surface area contributed by atoms with Crippen molar-refractivity contribution >= 4 is 18.2 Å². The highest BCUT2D eigenvalue weighted by Crippen LogP contribution is 2.77. The van der Waals surface area contributed by atoms with Crippen molar-refractivity contribution in [3.63, 3.8) is 0 Å². The van der Waals surface area contributed by atoms with Gasteiger partial charge in [-0.25, -0.2) is 0 Å². The van der Waals surface area contributed by atoms with Gasteiger partial charge in [0.05, 0.1) is 49.3 Å². The van der Waals surface area contributed by atoms with Crippen molar-refractivity contribution in [3.8, 4) is 0 Å². The third-order valence-corrected chi connectivity index (χ3v) is 9.21. The van der Waals surface area contributed by atoms with E-state index in [1.807, 2.05) is 0 Å². The number of furan rings is 1. The Morgan fingerprint density at radius 1 is 1.14 bits per heavy atom. The van der Waals surface area contributed by atoms with E-state index in [1.54, 1.807) is 6.07 Å². The van der Waals surface area contributed by atoms with Crippen molar-refractivity contribution in [2.24, 2.45) is 27.6 Å². The van der Waals surface area contributed by atoms with E-state index in [0.29, 0.717) is 5.56 Å². The van der Waals surface area contributed by atoms with Crippen LogP contribution in [0.15, 0.2) is 23.0 Å². The van der Waals surface area contributed by atoms with Gasteiger partial charge in [-0.1, -0.05) is 0 Å². The Bertz CT molecular complexity index is 979. The molecule has 2 aliphatic carbocycles. The van der Waals surface area contributed by atoms with Gasteiger partial charge in [-0.3, -0.25) is 9.59 Å². The minimum atomic E-state index is -2.73. The molecule has 1 aliphatic heterocycles. The van der Waals surface area contributed by atoms with Crippen molar-refractivity contribution in [2.75, 3.05) is 13.2 Å². The number of carbonyl (C=O) groups is 3. The molecule has 1 aromatic heterocycles. The second-order valence-corrected chi connectivity index (χ2v) is 10.0. The zero-order valence-electron chi connectivity index (χ0n) is 18.8. The fourth-order valence-corrected chi connectivity index (χ4v) is 7.87. The molecule has 7 N–H and O–H groups in total. The van der Waals surface area contributed by atoms with Crippen LogP contribution >= 0.6 is 0 Å². The quantitative estimate of drug-likeness (QED) is 0.232. The summed E-state index contributed by atoms with van der Waals surface area (Å²) >= 11 is 0. The maximum absolute atomic E-state index is 13.2. The Morgan fingerprint density at radius 2 is 1.86 bits per heavy atom. The molecule has 1 spiro atoms. The lowest BCUT2D eigenvalue weighted by molar-refractivity contribution is -0.330. The van der Waals surface area contributed by atoms with Gasteiger partial charge >= 0.3 is 11.9 Å². The molecule has 3 aliphatic rings. The molecular formula is C23H30O12. The Hall–Kier alpha value is -2.35. The molecule has 9 unspecified atom stereocenters. The molecule has 4 rings (SSSR count). The summed E-state index contributed by atoms with van der Waals surface area (Å²) in [6.45, 7) is -1.62. The summed E-state index contributed by atoms with van der Waals surface area (Å²) in [6.07, 6.45) is -5.84. The van der Waals surface area contributed by atoms with Crippen LogP contribution in [-0.2, 0) is 19.1 Å². The van der Waals surface area contributed by atoms with Crippen LogP contribution in [0.4, 0.5) is 0 Å². The van der Waals surface area contributed by atoms with E-state index < -0.39 is 90.2 Å². The number of carboxylic acids is 2. The van der Waals surface area contributed by atoms with Gasteiger partial charge in [-0.15, -0.1) is 0 Å². The van der Waals surface area contributed by atoms with Gasteiger partial charge < -0.3 is 49.7 Å². The second-order valence-electron chi connectivity index (χ2n) is 10.0. The molecule has 1 aromatic rings. The Balaban J connectivity index is 2.06. The van der Waals surface area contributed by atoms with Crippen molar-refractivity contribution in [1.82, 2.24) is 0 Å². The number of carbonyl (C=O) groups excluding carboxylic acids is 1. The topological polar surface area (TPSA) is 215 Å². The third-order valence-electron chi connectivity index (χ3n) is 9.21. The smallest absolute Gasteiger partial charge is 0.314 e. The van der Waals surface area contributed by atoms with Crippen LogP contribution < -0.4 is 0 Å². The second kappa shape index (κ2) is 8.64. The van der Waals surface area contributed by atoms with Crippen molar-refractivity contribution in [3.05, 3.63) is 24.2 Å². The first-order valence-electron chi connectivity index (χ1n) is 11.4. The van der Waals surface area contributed by atoms with E-state index >= 15 is 0 Å². The van der Waals surface area contributed by atoms with Crippen molar-refractivity contribution in [2.45, 2.75) is 56.7 Å². The molecule has 1 saturated heterocycles.